The number of rotatable bonds is 3. The minimum atomic E-state index is -0.118. The molecule has 0 aliphatic carbocycles. The lowest BCUT2D eigenvalue weighted by molar-refractivity contribution is 0.273. The van der Waals surface area contributed by atoms with Gasteiger partial charge < -0.3 is 10.1 Å². The number of aromatic amines is 2. The number of hydrogen-bond acceptors (Lipinski definition) is 5. The zero-order valence-electron chi connectivity index (χ0n) is 13.0. The Bertz CT molecular complexity index is 1200. The number of aliphatic hydroxyl groups is 1. The van der Waals surface area contributed by atoms with Crippen molar-refractivity contribution in [2.24, 2.45) is 0 Å². The summed E-state index contributed by atoms with van der Waals surface area (Å²) in [4.78, 5) is 16.2. The van der Waals surface area contributed by atoms with Crippen LogP contribution in [-0.4, -0.2) is 39.8 Å². The van der Waals surface area contributed by atoms with E-state index in [2.05, 4.69) is 30.1 Å². The molecular weight excluding hydrogens is 318 g/mol. The maximum absolute atomic E-state index is 9.24. The van der Waals surface area contributed by atoms with Crippen LogP contribution in [0.1, 0.15) is 5.82 Å². The summed E-state index contributed by atoms with van der Waals surface area (Å²) >= 11 is 0. The van der Waals surface area contributed by atoms with Crippen molar-refractivity contribution < 1.29 is 5.11 Å². The molecule has 0 aliphatic heterocycles. The number of H-pyrrole nitrogens is 2. The third kappa shape index (κ3) is 2.12. The molecule has 5 aromatic rings. The standard InChI is InChI=1S/C17H13N7O/c25-9-14-20-12-4-3-10(8-13(12)21-14)24-7-6-19-17(24)15-11-2-1-5-18-16(11)23-22-15/h1-8,25H,9H2,(H,20,21)(H,18,22,23). The van der Waals surface area contributed by atoms with Crippen LogP contribution in [0.3, 0.4) is 0 Å². The molecule has 3 N–H and O–H groups in total. The molecule has 8 nitrogen and oxygen atoms in total. The fraction of sp³-hybridized carbons (Fsp3) is 0.0588. The van der Waals surface area contributed by atoms with Crippen LogP contribution >= 0.6 is 0 Å². The zero-order valence-corrected chi connectivity index (χ0v) is 13.0. The van der Waals surface area contributed by atoms with Crippen molar-refractivity contribution in [3.63, 3.8) is 0 Å². The van der Waals surface area contributed by atoms with Gasteiger partial charge in [-0.3, -0.25) is 9.67 Å². The van der Waals surface area contributed by atoms with Crippen LogP contribution in [0, 0.1) is 0 Å². The van der Waals surface area contributed by atoms with Gasteiger partial charge in [0, 0.05) is 29.7 Å². The van der Waals surface area contributed by atoms with Crippen LogP contribution < -0.4 is 0 Å². The topological polar surface area (TPSA) is 108 Å². The predicted molar refractivity (Wildman–Crippen MR) is 92.0 cm³/mol. The summed E-state index contributed by atoms with van der Waals surface area (Å²) < 4.78 is 1.97. The van der Waals surface area contributed by atoms with Crippen molar-refractivity contribution in [2.45, 2.75) is 6.61 Å². The molecule has 0 unspecified atom stereocenters. The monoisotopic (exact) mass is 331 g/mol. The molecule has 1 aromatic carbocycles. The highest BCUT2D eigenvalue weighted by molar-refractivity contribution is 5.89. The van der Waals surface area contributed by atoms with Crippen molar-refractivity contribution >= 4 is 22.1 Å². The van der Waals surface area contributed by atoms with Gasteiger partial charge in [0.2, 0.25) is 0 Å². The first-order chi connectivity index (χ1) is 12.3. The van der Waals surface area contributed by atoms with E-state index in [1.807, 2.05) is 41.1 Å². The Hall–Kier alpha value is -3.52. The summed E-state index contributed by atoms with van der Waals surface area (Å²) in [5, 5.41) is 17.4. The number of aromatic nitrogens is 7. The van der Waals surface area contributed by atoms with Gasteiger partial charge in [-0.05, 0) is 30.3 Å². The lowest BCUT2D eigenvalue weighted by atomic mass is 10.2. The molecule has 0 bridgehead atoms. The number of imidazole rings is 2. The van der Waals surface area contributed by atoms with Crippen LogP contribution in [0.4, 0.5) is 0 Å². The molecule has 4 aromatic heterocycles. The third-order valence-corrected chi connectivity index (χ3v) is 4.14. The second-order valence-electron chi connectivity index (χ2n) is 5.64. The summed E-state index contributed by atoms with van der Waals surface area (Å²) in [7, 11) is 0. The molecule has 0 aliphatic rings. The van der Waals surface area contributed by atoms with Gasteiger partial charge in [0.25, 0.3) is 0 Å². The Kier molecular flexibility index (Phi) is 2.91. The molecule has 0 radical (unpaired) electrons. The molecule has 0 saturated carbocycles. The van der Waals surface area contributed by atoms with Crippen molar-refractivity contribution in [3.05, 3.63) is 54.7 Å². The van der Waals surface area contributed by atoms with Gasteiger partial charge in [0.15, 0.2) is 11.5 Å². The van der Waals surface area contributed by atoms with E-state index < -0.39 is 0 Å². The van der Waals surface area contributed by atoms with Crippen molar-refractivity contribution in [2.75, 3.05) is 0 Å². The second kappa shape index (κ2) is 5.25. The maximum atomic E-state index is 9.24. The lowest BCUT2D eigenvalue weighted by Crippen LogP contribution is -1.97. The molecule has 0 atom stereocenters. The smallest absolute Gasteiger partial charge is 0.181 e. The minimum Gasteiger partial charge on any atom is -0.388 e. The van der Waals surface area contributed by atoms with Gasteiger partial charge in [0.1, 0.15) is 18.1 Å². The van der Waals surface area contributed by atoms with E-state index in [0.717, 1.165) is 33.6 Å². The van der Waals surface area contributed by atoms with E-state index in [1.165, 1.54) is 0 Å². The molecule has 5 rings (SSSR count). The molecular formula is C17H13N7O. The number of hydrogen-bond donors (Lipinski definition) is 3. The molecule has 8 heteroatoms. The summed E-state index contributed by atoms with van der Waals surface area (Å²) in [5.74, 6) is 1.29. The Morgan fingerprint density at radius 1 is 1.12 bits per heavy atom. The van der Waals surface area contributed by atoms with Gasteiger partial charge >= 0.3 is 0 Å². The van der Waals surface area contributed by atoms with Crippen molar-refractivity contribution in [1.29, 1.82) is 0 Å². The number of nitrogens with zero attached hydrogens (tertiary/aromatic N) is 5. The van der Waals surface area contributed by atoms with Crippen LogP contribution in [-0.2, 0) is 6.61 Å². The quantitative estimate of drug-likeness (QED) is 0.469. The summed E-state index contributed by atoms with van der Waals surface area (Å²) in [6.07, 6.45) is 5.35. The van der Waals surface area contributed by atoms with Crippen molar-refractivity contribution in [1.82, 2.24) is 34.7 Å². The number of fused-ring (bicyclic) bond motifs is 2. The Labute approximate surface area is 141 Å². The lowest BCUT2D eigenvalue weighted by Gasteiger charge is -2.07. The largest absolute Gasteiger partial charge is 0.388 e. The fourth-order valence-corrected chi connectivity index (χ4v) is 2.99. The Morgan fingerprint density at radius 2 is 2.08 bits per heavy atom. The molecule has 122 valence electrons. The van der Waals surface area contributed by atoms with Gasteiger partial charge in [0.05, 0.1) is 11.0 Å². The number of nitrogens with one attached hydrogen (secondary N) is 2. The van der Waals surface area contributed by atoms with Crippen LogP contribution in [0.2, 0.25) is 0 Å². The number of aliphatic hydroxyl groups excluding tert-OH is 1. The average molecular weight is 331 g/mol. The van der Waals surface area contributed by atoms with E-state index in [-0.39, 0.29) is 6.61 Å². The predicted octanol–water partition coefficient (Wildman–Crippen LogP) is 2.18. The molecule has 0 spiro atoms. The highest BCUT2D eigenvalue weighted by Gasteiger charge is 2.15. The van der Waals surface area contributed by atoms with E-state index >= 15 is 0 Å². The summed E-state index contributed by atoms with van der Waals surface area (Å²) in [6, 6.07) is 9.69. The first-order valence-corrected chi connectivity index (χ1v) is 7.76. The second-order valence-corrected chi connectivity index (χ2v) is 5.64. The molecule has 25 heavy (non-hydrogen) atoms. The van der Waals surface area contributed by atoms with Gasteiger partial charge in [-0.2, -0.15) is 5.10 Å². The van der Waals surface area contributed by atoms with Gasteiger partial charge in [-0.25, -0.2) is 15.0 Å². The molecule has 0 saturated heterocycles. The normalized spacial score (nSPS) is 11.6. The van der Waals surface area contributed by atoms with E-state index in [1.54, 1.807) is 12.4 Å². The highest BCUT2D eigenvalue weighted by atomic mass is 16.3. The van der Waals surface area contributed by atoms with E-state index in [9.17, 15) is 5.11 Å². The molecule has 0 amide bonds. The van der Waals surface area contributed by atoms with Crippen LogP contribution in [0.5, 0.6) is 0 Å². The molecule has 4 heterocycles. The van der Waals surface area contributed by atoms with Gasteiger partial charge in [-0.1, -0.05) is 0 Å². The Balaban J connectivity index is 1.68. The number of benzene rings is 1. The maximum Gasteiger partial charge on any atom is 0.181 e. The van der Waals surface area contributed by atoms with E-state index in [0.29, 0.717) is 11.5 Å². The minimum absolute atomic E-state index is 0.118. The average Bonchev–Trinajstić information content (AvgIpc) is 3.37. The number of pyridine rings is 1. The van der Waals surface area contributed by atoms with Crippen LogP contribution in [0.15, 0.2) is 48.9 Å². The van der Waals surface area contributed by atoms with Gasteiger partial charge in [-0.15, -0.1) is 0 Å². The fourth-order valence-electron chi connectivity index (χ4n) is 2.99. The highest BCUT2D eigenvalue weighted by Crippen LogP contribution is 2.27. The first kappa shape index (κ1) is 13.9. The summed E-state index contributed by atoms with van der Waals surface area (Å²) in [5.41, 5.74) is 4.07. The van der Waals surface area contributed by atoms with E-state index in [4.69, 9.17) is 0 Å². The SMILES string of the molecule is OCc1nc2ccc(-n3ccnc3-c3[nH]nc4ncccc34)cc2[nH]1. The third-order valence-electron chi connectivity index (χ3n) is 4.14. The first-order valence-electron chi connectivity index (χ1n) is 7.76. The van der Waals surface area contributed by atoms with Crippen molar-refractivity contribution in [3.8, 4) is 17.2 Å². The Morgan fingerprint density at radius 3 is 3.00 bits per heavy atom. The van der Waals surface area contributed by atoms with Crippen LogP contribution in [0.25, 0.3) is 39.3 Å². The zero-order chi connectivity index (χ0) is 16.8. The molecule has 0 fully saturated rings. The summed E-state index contributed by atoms with van der Waals surface area (Å²) in [6.45, 7) is -0.118.